The van der Waals surface area contributed by atoms with Crippen molar-refractivity contribution < 1.29 is 9.18 Å². The molecule has 1 fully saturated rings. The molecular weight excluding hydrogens is 273 g/mol. The maximum atomic E-state index is 14.0. The van der Waals surface area contributed by atoms with Gasteiger partial charge in [-0.1, -0.05) is 6.07 Å². The van der Waals surface area contributed by atoms with Crippen molar-refractivity contribution in [2.75, 3.05) is 6.54 Å². The summed E-state index contributed by atoms with van der Waals surface area (Å²) in [6, 6.07) is 6.94. The highest BCUT2D eigenvalue weighted by Gasteiger charge is 2.31. The third-order valence-corrected chi connectivity index (χ3v) is 4.50. The van der Waals surface area contributed by atoms with Gasteiger partial charge < -0.3 is 4.90 Å². The zero-order chi connectivity index (χ0) is 14.1. The monoisotopic (exact) mass is 289 g/mol. The molecule has 0 radical (unpaired) electrons. The van der Waals surface area contributed by atoms with Crippen LogP contribution in [0.3, 0.4) is 0 Å². The quantitative estimate of drug-likeness (QED) is 0.812. The summed E-state index contributed by atoms with van der Waals surface area (Å²) < 4.78 is 14.0. The molecule has 1 aromatic carbocycles. The second-order valence-electron chi connectivity index (χ2n) is 5.20. The molecule has 1 saturated heterocycles. The van der Waals surface area contributed by atoms with E-state index < -0.39 is 5.82 Å². The third-order valence-electron chi connectivity index (χ3n) is 3.80. The fourth-order valence-corrected chi connectivity index (χ4v) is 3.48. The van der Waals surface area contributed by atoms with Gasteiger partial charge in [-0.05, 0) is 59.9 Å². The highest BCUT2D eigenvalue weighted by atomic mass is 32.1. The lowest BCUT2D eigenvalue weighted by Crippen LogP contribution is -2.31. The van der Waals surface area contributed by atoms with Gasteiger partial charge in [0.05, 0.1) is 11.6 Å². The molecule has 1 atom stereocenters. The number of nitrogens with zero attached hydrogens (tertiary/aromatic N) is 1. The van der Waals surface area contributed by atoms with E-state index >= 15 is 0 Å². The fraction of sp³-hybridized carbons (Fsp3) is 0.312. The summed E-state index contributed by atoms with van der Waals surface area (Å²) in [5, 5.41) is 4.09. The maximum absolute atomic E-state index is 14.0. The zero-order valence-corrected chi connectivity index (χ0v) is 12.1. The number of hydrogen-bond acceptors (Lipinski definition) is 2. The SMILES string of the molecule is Cc1ccc(C(=O)N2CCCC2c2ccsc2)c(F)c1. The maximum Gasteiger partial charge on any atom is 0.257 e. The number of benzene rings is 1. The number of carbonyl (C=O) groups excluding carboxylic acids is 1. The van der Waals surface area contributed by atoms with Gasteiger partial charge in [0.1, 0.15) is 5.82 Å². The van der Waals surface area contributed by atoms with Crippen LogP contribution in [0.2, 0.25) is 0 Å². The lowest BCUT2D eigenvalue weighted by molar-refractivity contribution is 0.0731. The van der Waals surface area contributed by atoms with E-state index in [1.165, 1.54) is 6.07 Å². The minimum atomic E-state index is -0.425. The largest absolute Gasteiger partial charge is 0.331 e. The number of hydrogen-bond donors (Lipinski definition) is 0. The molecule has 4 heteroatoms. The highest BCUT2D eigenvalue weighted by Crippen LogP contribution is 2.34. The molecule has 1 aliphatic heterocycles. The highest BCUT2D eigenvalue weighted by molar-refractivity contribution is 7.07. The van der Waals surface area contributed by atoms with Crippen LogP contribution in [-0.4, -0.2) is 17.4 Å². The molecule has 0 N–H and O–H groups in total. The number of rotatable bonds is 2. The number of amides is 1. The molecule has 3 rings (SSSR count). The van der Waals surface area contributed by atoms with Gasteiger partial charge in [0.15, 0.2) is 0 Å². The molecule has 2 nitrogen and oxygen atoms in total. The number of halogens is 1. The third kappa shape index (κ3) is 2.36. The summed E-state index contributed by atoms with van der Waals surface area (Å²) in [6.45, 7) is 2.52. The Morgan fingerprint density at radius 1 is 1.40 bits per heavy atom. The Morgan fingerprint density at radius 2 is 2.25 bits per heavy atom. The van der Waals surface area contributed by atoms with Gasteiger partial charge in [0, 0.05) is 6.54 Å². The fourth-order valence-electron chi connectivity index (χ4n) is 2.77. The van der Waals surface area contributed by atoms with Crippen molar-refractivity contribution in [3.8, 4) is 0 Å². The molecule has 1 aromatic heterocycles. The first-order valence-corrected chi connectivity index (χ1v) is 7.70. The van der Waals surface area contributed by atoms with E-state index in [9.17, 15) is 9.18 Å². The standard InChI is InChI=1S/C16H16FNOS/c1-11-4-5-13(14(17)9-11)16(19)18-7-2-3-15(18)12-6-8-20-10-12/h4-6,8-10,15H,2-3,7H2,1H3. The normalized spacial score (nSPS) is 18.5. The molecule has 0 spiro atoms. The van der Waals surface area contributed by atoms with Crippen molar-refractivity contribution in [3.63, 3.8) is 0 Å². The van der Waals surface area contributed by atoms with E-state index in [2.05, 4.69) is 5.38 Å². The molecule has 0 saturated carbocycles. The van der Waals surface area contributed by atoms with Crippen LogP contribution in [0.25, 0.3) is 0 Å². The van der Waals surface area contributed by atoms with Gasteiger partial charge in [-0.15, -0.1) is 0 Å². The molecule has 1 aliphatic rings. The summed E-state index contributed by atoms with van der Waals surface area (Å²) in [7, 11) is 0. The second kappa shape index (κ2) is 5.37. The smallest absolute Gasteiger partial charge is 0.257 e. The topological polar surface area (TPSA) is 20.3 Å². The average molecular weight is 289 g/mol. The average Bonchev–Trinajstić information content (AvgIpc) is 3.09. The number of carbonyl (C=O) groups is 1. The van der Waals surface area contributed by atoms with Crippen LogP contribution in [0.15, 0.2) is 35.0 Å². The van der Waals surface area contributed by atoms with Gasteiger partial charge in [-0.2, -0.15) is 11.3 Å². The van der Waals surface area contributed by atoms with Crippen molar-refractivity contribution in [3.05, 3.63) is 57.5 Å². The number of aryl methyl sites for hydroxylation is 1. The Labute approximate surface area is 121 Å². The summed E-state index contributed by atoms with van der Waals surface area (Å²) in [6.07, 6.45) is 1.93. The van der Waals surface area contributed by atoms with Gasteiger partial charge >= 0.3 is 0 Å². The van der Waals surface area contributed by atoms with E-state index in [1.807, 2.05) is 18.4 Å². The van der Waals surface area contributed by atoms with Crippen molar-refractivity contribution >= 4 is 17.2 Å². The number of thiophene rings is 1. The van der Waals surface area contributed by atoms with Crippen LogP contribution >= 0.6 is 11.3 Å². The van der Waals surface area contributed by atoms with Crippen molar-refractivity contribution in [1.29, 1.82) is 0 Å². The summed E-state index contributed by atoms with van der Waals surface area (Å²) in [5.74, 6) is -0.623. The van der Waals surface area contributed by atoms with Crippen molar-refractivity contribution in [2.45, 2.75) is 25.8 Å². The van der Waals surface area contributed by atoms with Crippen LogP contribution < -0.4 is 0 Å². The predicted molar refractivity (Wildman–Crippen MR) is 78.5 cm³/mol. The van der Waals surface area contributed by atoms with Crippen LogP contribution in [0.5, 0.6) is 0 Å². The molecule has 104 valence electrons. The van der Waals surface area contributed by atoms with E-state index in [0.717, 1.165) is 24.0 Å². The molecule has 0 bridgehead atoms. The molecule has 1 unspecified atom stereocenters. The van der Waals surface area contributed by atoms with E-state index in [1.54, 1.807) is 28.4 Å². The second-order valence-corrected chi connectivity index (χ2v) is 5.98. The lowest BCUT2D eigenvalue weighted by atomic mass is 10.1. The first-order valence-electron chi connectivity index (χ1n) is 6.76. The Kier molecular flexibility index (Phi) is 3.57. The van der Waals surface area contributed by atoms with E-state index in [-0.39, 0.29) is 17.5 Å². The summed E-state index contributed by atoms with van der Waals surface area (Å²) >= 11 is 1.63. The Hall–Kier alpha value is -1.68. The van der Waals surface area contributed by atoms with Crippen LogP contribution in [0.4, 0.5) is 4.39 Å². The van der Waals surface area contributed by atoms with Crippen LogP contribution in [0, 0.1) is 12.7 Å². The van der Waals surface area contributed by atoms with E-state index in [0.29, 0.717) is 6.54 Å². The van der Waals surface area contributed by atoms with Gasteiger partial charge in [-0.25, -0.2) is 4.39 Å². The molecule has 2 aromatic rings. The molecular formula is C16H16FNOS. The molecule has 20 heavy (non-hydrogen) atoms. The Balaban J connectivity index is 1.89. The lowest BCUT2D eigenvalue weighted by Gasteiger charge is -2.24. The first kappa shape index (κ1) is 13.3. The minimum Gasteiger partial charge on any atom is -0.331 e. The molecule has 0 aliphatic carbocycles. The Bertz CT molecular complexity index is 623. The van der Waals surface area contributed by atoms with Crippen LogP contribution in [0.1, 0.15) is 40.4 Å². The van der Waals surface area contributed by atoms with Crippen molar-refractivity contribution in [2.24, 2.45) is 0 Å². The zero-order valence-electron chi connectivity index (χ0n) is 11.3. The van der Waals surface area contributed by atoms with Crippen molar-refractivity contribution in [1.82, 2.24) is 4.90 Å². The summed E-state index contributed by atoms with van der Waals surface area (Å²) in [4.78, 5) is 14.4. The summed E-state index contributed by atoms with van der Waals surface area (Å²) in [5.41, 5.74) is 2.17. The first-order chi connectivity index (χ1) is 9.66. The van der Waals surface area contributed by atoms with Gasteiger partial charge in [-0.3, -0.25) is 4.79 Å². The minimum absolute atomic E-state index is 0.0921. The molecule has 2 heterocycles. The number of likely N-dealkylation sites (tertiary alicyclic amines) is 1. The van der Waals surface area contributed by atoms with Gasteiger partial charge in [0.25, 0.3) is 5.91 Å². The van der Waals surface area contributed by atoms with Gasteiger partial charge in [0.2, 0.25) is 0 Å². The van der Waals surface area contributed by atoms with Crippen LogP contribution in [-0.2, 0) is 0 Å². The molecule has 1 amide bonds. The predicted octanol–water partition coefficient (Wildman–Crippen LogP) is 4.17. The Morgan fingerprint density at radius 3 is 2.95 bits per heavy atom. The van der Waals surface area contributed by atoms with E-state index in [4.69, 9.17) is 0 Å².